The molecule has 3 rings (SSSR count). The Balaban J connectivity index is 1.94. The molecule has 90 valence electrons. The first-order valence-corrected chi connectivity index (χ1v) is 6.28. The van der Waals surface area contributed by atoms with Gasteiger partial charge in [-0.3, -0.25) is 0 Å². The highest BCUT2D eigenvalue weighted by atomic mass is 15.3. The molecular formula is C12H17N5. The van der Waals surface area contributed by atoms with Crippen LogP contribution in [-0.4, -0.2) is 32.7 Å². The van der Waals surface area contributed by atoms with Crippen LogP contribution in [0.15, 0.2) is 12.4 Å². The fourth-order valence-corrected chi connectivity index (χ4v) is 2.34. The van der Waals surface area contributed by atoms with E-state index in [1.54, 1.807) is 0 Å². The lowest BCUT2D eigenvalue weighted by Gasteiger charge is -2.22. The van der Waals surface area contributed by atoms with Gasteiger partial charge in [0.2, 0.25) is 0 Å². The van der Waals surface area contributed by atoms with Crippen LogP contribution in [0.5, 0.6) is 0 Å². The Morgan fingerprint density at radius 1 is 1.53 bits per heavy atom. The Hall–Kier alpha value is -1.49. The smallest absolute Gasteiger partial charge is 0.252 e. The van der Waals surface area contributed by atoms with Crippen molar-refractivity contribution < 1.29 is 0 Å². The molecule has 3 heterocycles. The van der Waals surface area contributed by atoms with Gasteiger partial charge in [0.05, 0.1) is 0 Å². The van der Waals surface area contributed by atoms with Crippen molar-refractivity contribution in [3.63, 3.8) is 0 Å². The van der Waals surface area contributed by atoms with E-state index in [2.05, 4.69) is 33.5 Å². The Morgan fingerprint density at radius 3 is 3.24 bits per heavy atom. The number of hydrogen-bond acceptors (Lipinski definition) is 4. The van der Waals surface area contributed by atoms with E-state index in [9.17, 15) is 0 Å². The number of aromatic nitrogens is 4. The first kappa shape index (κ1) is 10.7. The Morgan fingerprint density at radius 2 is 2.47 bits per heavy atom. The zero-order valence-electron chi connectivity index (χ0n) is 10.1. The molecule has 0 aliphatic carbocycles. The third-order valence-corrected chi connectivity index (χ3v) is 3.34. The van der Waals surface area contributed by atoms with Crippen LogP contribution in [0.3, 0.4) is 0 Å². The lowest BCUT2D eigenvalue weighted by atomic mass is 9.94. The third-order valence-electron chi connectivity index (χ3n) is 3.34. The minimum atomic E-state index is 0.565. The average molecular weight is 231 g/mol. The monoisotopic (exact) mass is 231 g/mol. The molecule has 0 spiro atoms. The largest absolute Gasteiger partial charge is 0.316 e. The zero-order chi connectivity index (χ0) is 11.7. The van der Waals surface area contributed by atoms with E-state index in [4.69, 9.17) is 0 Å². The molecule has 1 unspecified atom stereocenters. The summed E-state index contributed by atoms with van der Waals surface area (Å²) in [5.74, 6) is 2.13. The zero-order valence-corrected chi connectivity index (χ0v) is 10.1. The number of hydrogen-bond donors (Lipinski definition) is 1. The maximum atomic E-state index is 4.41. The van der Waals surface area contributed by atoms with Gasteiger partial charge in [-0.15, -0.1) is 5.10 Å². The van der Waals surface area contributed by atoms with E-state index in [1.807, 2.05) is 10.7 Å². The quantitative estimate of drug-likeness (QED) is 0.842. The molecule has 0 bridgehead atoms. The second-order valence-corrected chi connectivity index (χ2v) is 4.56. The van der Waals surface area contributed by atoms with Gasteiger partial charge in [0, 0.05) is 25.4 Å². The first-order chi connectivity index (χ1) is 8.36. The second kappa shape index (κ2) is 4.41. The Labute approximate surface area is 100 Å². The summed E-state index contributed by atoms with van der Waals surface area (Å²) in [5, 5.41) is 7.83. The van der Waals surface area contributed by atoms with Crippen LogP contribution in [0.25, 0.3) is 5.78 Å². The van der Waals surface area contributed by atoms with Crippen LogP contribution in [0, 0.1) is 0 Å². The molecule has 0 radical (unpaired) electrons. The average Bonchev–Trinajstić information content (AvgIpc) is 2.81. The van der Waals surface area contributed by atoms with Crippen LogP contribution >= 0.6 is 0 Å². The minimum Gasteiger partial charge on any atom is -0.316 e. The number of piperidine rings is 1. The summed E-state index contributed by atoms with van der Waals surface area (Å²) in [6, 6.07) is 0. The van der Waals surface area contributed by atoms with Crippen LogP contribution in [0.2, 0.25) is 0 Å². The molecule has 17 heavy (non-hydrogen) atoms. The highest BCUT2D eigenvalue weighted by molar-refractivity contribution is 5.29. The highest BCUT2D eigenvalue weighted by Crippen LogP contribution is 2.22. The van der Waals surface area contributed by atoms with Crippen molar-refractivity contribution in [1.82, 2.24) is 24.9 Å². The SMILES string of the molecule is CCc1nc2ncc(C3CCCNC3)cn2n1. The Bertz CT molecular complexity index is 513. The van der Waals surface area contributed by atoms with E-state index in [0.717, 1.165) is 25.3 Å². The molecule has 0 amide bonds. The molecule has 1 N–H and O–H groups in total. The third kappa shape index (κ3) is 2.02. The van der Waals surface area contributed by atoms with Crippen molar-refractivity contribution in [2.24, 2.45) is 0 Å². The van der Waals surface area contributed by atoms with Crippen molar-refractivity contribution in [1.29, 1.82) is 0 Å². The van der Waals surface area contributed by atoms with Gasteiger partial charge in [0.25, 0.3) is 5.78 Å². The molecule has 5 nitrogen and oxygen atoms in total. The van der Waals surface area contributed by atoms with E-state index < -0.39 is 0 Å². The maximum absolute atomic E-state index is 4.41. The van der Waals surface area contributed by atoms with Crippen molar-refractivity contribution in [2.45, 2.75) is 32.1 Å². The molecule has 2 aromatic heterocycles. The van der Waals surface area contributed by atoms with Gasteiger partial charge in [-0.2, -0.15) is 4.98 Å². The summed E-state index contributed by atoms with van der Waals surface area (Å²) in [6.07, 6.45) is 7.34. The standard InChI is InChI=1S/C12H17N5/c1-2-11-15-12-14-7-10(8-17(12)16-11)9-4-3-5-13-6-9/h7-9,13H,2-6H2,1H3. The molecule has 2 aromatic rings. The summed E-state index contributed by atoms with van der Waals surface area (Å²) >= 11 is 0. The van der Waals surface area contributed by atoms with Crippen LogP contribution in [0.4, 0.5) is 0 Å². The maximum Gasteiger partial charge on any atom is 0.252 e. The summed E-state index contributed by atoms with van der Waals surface area (Å²) < 4.78 is 1.81. The Kier molecular flexibility index (Phi) is 2.76. The van der Waals surface area contributed by atoms with Crippen molar-refractivity contribution >= 4 is 5.78 Å². The fraction of sp³-hybridized carbons (Fsp3) is 0.583. The van der Waals surface area contributed by atoms with E-state index in [0.29, 0.717) is 11.7 Å². The van der Waals surface area contributed by atoms with Crippen molar-refractivity contribution in [2.75, 3.05) is 13.1 Å². The van der Waals surface area contributed by atoms with E-state index >= 15 is 0 Å². The van der Waals surface area contributed by atoms with E-state index in [1.165, 1.54) is 18.4 Å². The molecule has 1 atom stereocenters. The molecule has 5 heteroatoms. The second-order valence-electron chi connectivity index (χ2n) is 4.56. The van der Waals surface area contributed by atoms with Gasteiger partial charge >= 0.3 is 0 Å². The molecule has 1 aliphatic heterocycles. The predicted molar refractivity (Wildman–Crippen MR) is 65.0 cm³/mol. The van der Waals surface area contributed by atoms with Gasteiger partial charge in [0.1, 0.15) is 0 Å². The van der Waals surface area contributed by atoms with Gasteiger partial charge in [0.15, 0.2) is 5.82 Å². The van der Waals surface area contributed by atoms with Crippen LogP contribution in [-0.2, 0) is 6.42 Å². The molecule has 0 saturated carbocycles. The summed E-state index contributed by atoms with van der Waals surface area (Å²) in [5.41, 5.74) is 1.26. The molecule has 1 saturated heterocycles. The lowest BCUT2D eigenvalue weighted by molar-refractivity contribution is 0.459. The molecule has 1 fully saturated rings. The minimum absolute atomic E-state index is 0.565. The van der Waals surface area contributed by atoms with Gasteiger partial charge in [-0.05, 0) is 30.9 Å². The predicted octanol–water partition coefficient (Wildman–Crippen LogP) is 1.15. The normalized spacial score (nSPS) is 20.9. The fourth-order valence-electron chi connectivity index (χ4n) is 2.34. The van der Waals surface area contributed by atoms with Crippen molar-refractivity contribution in [3.05, 3.63) is 23.8 Å². The van der Waals surface area contributed by atoms with E-state index in [-0.39, 0.29) is 0 Å². The summed E-state index contributed by atoms with van der Waals surface area (Å²) in [6.45, 7) is 4.23. The molecule has 0 aromatic carbocycles. The summed E-state index contributed by atoms with van der Waals surface area (Å²) in [7, 11) is 0. The highest BCUT2D eigenvalue weighted by Gasteiger charge is 2.16. The summed E-state index contributed by atoms with van der Waals surface area (Å²) in [4.78, 5) is 8.73. The van der Waals surface area contributed by atoms with Gasteiger partial charge in [-0.1, -0.05) is 6.92 Å². The van der Waals surface area contributed by atoms with Crippen LogP contribution in [0.1, 0.15) is 37.1 Å². The number of rotatable bonds is 2. The number of aryl methyl sites for hydroxylation is 1. The lowest BCUT2D eigenvalue weighted by Crippen LogP contribution is -2.28. The van der Waals surface area contributed by atoms with Gasteiger partial charge in [-0.25, -0.2) is 9.50 Å². The van der Waals surface area contributed by atoms with Gasteiger partial charge < -0.3 is 5.32 Å². The number of nitrogens with zero attached hydrogens (tertiary/aromatic N) is 4. The first-order valence-electron chi connectivity index (χ1n) is 6.28. The number of nitrogens with one attached hydrogen (secondary N) is 1. The number of fused-ring (bicyclic) bond motifs is 1. The van der Waals surface area contributed by atoms with Crippen LogP contribution < -0.4 is 5.32 Å². The van der Waals surface area contributed by atoms with Crippen molar-refractivity contribution in [3.8, 4) is 0 Å². The molecular weight excluding hydrogens is 214 g/mol. The topological polar surface area (TPSA) is 55.1 Å². The molecule has 1 aliphatic rings.